The van der Waals surface area contributed by atoms with E-state index in [4.69, 9.17) is 0 Å². The van der Waals surface area contributed by atoms with Gasteiger partial charge in [0.15, 0.2) is 0 Å². The summed E-state index contributed by atoms with van der Waals surface area (Å²) in [5.74, 6) is 0. The highest BCUT2D eigenvalue weighted by molar-refractivity contribution is 7.13. The molecule has 2 aromatic carbocycles. The number of hydrogen-bond acceptors (Lipinski definition) is 6. The van der Waals surface area contributed by atoms with E-state index in [-0.39, 0.29) is 14.9 Å². The van der Waals surface area contributed by atoms with E-state index in [2.05, 4.69) is 70.7 Å². The molecule has 8 heteroatoms. The molecule has 0 atom stereocenters. The van der Waals surface area contributed by atoms with E-state index in [9.17, 15) is 0 Å². The number of unbranched alkanes of at least 4 members (excludes halogenated alkanes) is 2. The summed E-state index contributed by atoms with van der Waals surface area (Å²) in [5.41, 5.74) is 7.18. The van der Waals surface area contributed by atoms with Gasteiger partial charge in [-0.2, -0.15) is 0 Å². The SMILES string of the molecule is Cc1cc(N=Nc2scc[n+]2C)ccc1CCCCCc1ccc(N=Nc2scc[n+]2C)cc1C.[CH3-].[CH3-]. The summed E-state index contributed by atoms with van der Waals surface area (Å²) in [5, 5.41) is 23.3. The van der Waals surface area contributed by atoms with Crippen LogP contribution in [0.1, 0.15) is 41.5 Å². The molecule has 4 rings (SSSR count). The van der Waals surface area contributed by atoms with E-state index < -0.39 is 0 Å². The van der Waals surface area contributed by atoms with Crippen molar-refractivity contribution in [2.75, 3.05) is 0 Å². The topological polar surface area (TPSA) is 57.2 Å². The maximum Gasteiger partial charge on any atom is 0.408 e. The van der Waals surface area contributed by atoms with Crippen molar-refractivity contribution >= 4 is 44.3 Å². The Bertz CT molecular complexity index is 1230. The molecule has 0 saturated carbocycles. The Morgan fingerprint density at radius 1 is 0.622 bits per heavy atom. The zero-order chi connectivity index (χ0) is 24.6. The number of azo groups is 2. The van der Waals surface area contributed by atoms with Crippen molar-refractivity contribution in [3.63, 3.8) is 0 Å². The van der Waals surface area contributed by atoms with Gasteiger partial charge in [0, 0.05) is 10.8 Å². The van der Waals surface area contributed by atoms with Crippen molar-refractivity contribution in [3.8, 4) is 0 Å². The predicted octanol–water partition coefficient (Wildman–Crippen LogP) is 8.76. The van der Waals surface area contributed by atoms with Gasteiger partial charge in [-0.15, -0.1) is 0 Å². The highest BCUT2D eigenvalue weighted by Gasteiger charge is 2.09. The first-order chi connectivity index (χ1) is 17.0. The maximum atomic E-state index is 4.40. The zero-order valence-corrected chi connectivity index (χ0v) is 24.4. The lowest BCUT2D eigenvalue weighted by molar-refractivity contribution is -0.654. The van der Waals surface area contributed by atoms with E-state index in [1.807, 2.05) is 46.4 Å². The number of thiazole rings is 2. The fourth-order valence-corrected chi connectivity index (χ4v) is 5.26. The Hall–Kier alpha value is -3.10. The van der Waals surface area contributed by atoms with Gasteiger partial charge in [-0.1, -0.05) is 18.6 Å². The molecule has 0 aliphatic heterocycles. The molecule has 0 aliphatic rings. The van der Waals surface area contributed by atoms with Crippen LogP contribution in [0.4, 0.5) is 21.6 Å². The largest absolute Gasteiger partial charge is 0.408 e. The van der Waals surface area contributed by atoms with Gasteiger partial charge in [-0.25, -0.2) is 9.13 Å². The van der Waals surface area contributed by atoms with Gasteiger partial charge in [-0.3, -0.25) is 0 Å². The Balaban J connectivity index is 0.00000241. The number of benzene rings is 2. The zero-order valence-electron chi connectivity index (χ0n) is 22.8. The van der Waals surface area contributed by atoms with Crippen molar-refractivity contribution < 1.29 is 9.13 Å². The highest BCUT2D eigenvalue weighted by atomic mass is 32.1. The van der Waals surface area contributed by atoms with Crippen LogP contribution >= 0.6 is 22.7 Å². The van der Waals surface area contributed by atoms with Gasteiger partial charge in [-0.05, 0) is 119 Å². The molecule has 0 radical (unpaired) electrons. The summed E-state index contributed by atoms with van der Waals surface area (Å²) in [6.07, 6.45) is 9.77. The minimum Gasteiger partial charge on any atom is -0.358 e. The van der Waals surface area contributed by atoms with E-state index in [0.717, 1.165) is 34.5 Å². The van der Waals surface area contributed by atoms with Crippen LogP contribution in [0.3, 0.4) is 0 Å². The van der Waals surface area contributed by atoms with E-state index in [0.29, 0.717) is 0 Å². The average Bonchev–Trinajstić information content (AvgIpc) is 3.45. The molecule has 6 nitrogen and oxygen atoms in total. The summed E-state index contributed by atoms with van der Waals surface area (Å²) < 4.78 is 3.95. The lowest BCUT2D eigenvalue weighted by Gasteiger charge is -2.08. The molecular weight excluding hydrogens is 496 g/mol. The number of nitrogens with zero attached hydrogens (tertiary/aromatic N) is 6. The van der Waals surface area contributed by atoms with Gasteiger partial charge >= 0.3 is 10.3 Å². The van der Waals surface area contributed by atoms with Crippen LogP contribution in [-0.4, -0.2) is 0 Å². The molecule has 0 amide bonds. The van der Waals surface area contributed by atoms with Gasteiger partial charge < -0.3 is 14.9 Å². The third kappa shape index (κ3) is 8.47. The molecule has 0 saturated heterocycles. The van der Waals surface area contributed by atoms with Crippen molar-refractivity contribution in [2.24, 2.45) is 34.6 Å². The molecular formula is C29H38N6S2. The minimum atomic E-state index is 0. The number of rotatable bonds is 10. The molecule has 0 bridgehead atoms. The summed E-state index contributed by atoms with van der Waals surface area (Å²) in [4.78, 5) is 0. The third-order valence-electron chi connectivity index (χ3n) is 6.07. The highest BCUT2D eigenvalue weighted by Crippen LogP contribution is 2.24. The monoisotopic (exact) mass is 534 g/mol. The van der Waals surface area contributed by atoms with Crippen molar-refractivity contribution in [2.45, 2.75) is 46.0 Å². The van der Waals surface area contributed by atoms with E-state index in [1.165, 1.54) is 41.5 Å². The van der Waals surface area contributed by atoms with Crippen LogP contribution in [-0.2, 0) is 26.9 Å². The summed E-state index contributed by atoms with van der Waals surface area (Å²) in [6, 6.07) is 12.8. The average molecular weight is 535 g/mol. The van der Waals surface area contributed by atoms with Crippen LogP contribution < -0.4 is 9.13 Å². The predicted molar refractivity (Wildman–Crippen MR) is 156 cm³/mol. The Labute approximate surface area is 230 Å². The first-order valence-electron chi connectivity index (χ1n) is 11.9. The fourth-order valence-electron chi connectivity index (χ4n) is 3.90. The minimum absolute atomic E-state index is 0. The second-order valence-electron chi connectivity index (χ2n) is 8.78. The lowest BCUT2D eigenvalue weighted by atomic mass is 9.98. The second kappa shape index (κ2) is 14.6. The normalized spacial score (nSPS) is 11.1. The smallest absolute Gasteiger partial charge is 0.358 e. The molecule has 0 aliphatic carbocycles. The lowest BCUT2D eigenvalue weighted by Crippen LogP contribution is -2.23. The maximum absolute atomic E-state index is 4.40. The van der Waals surface area contributed by atoms with Crippen molar-refractivity contribution in [1.29, 1.82) is 0 Å². The molecule has 0 spiro atoms. The molecule has 4 aromatic rings. The molecule has 196 valence electrons. The van der Waals surface area contributed by atoms with E-state index in [1.54, 1.807) is 22.7 Å². The van der Waals surface area contributed by atoms with Gasteiger partial charge in [0.05, 0.1) is 24.3 Å². The number of aromatic nitrogens is 2. The summed E-state index contributed by atoms with van der Waals surface area (Å²) in [7, 11) is 3.96. The van der Waals surface area contributed by atoms with E-state index >= 15 is 0 Å². The van der Waals surface area contributed by atoms with Gasteiger partial charge in [0.1, 0.15) is 23.8 Å². The standard InChI is InChI=1S/C27H32N6S2.2CH3/c1-20-18-24(28-30-26-32(3)14-16-34-26)12-10-22(20)8-6-5-7-9-23-11-13-25(19-21(23)2)29-31-27-33(4)15-17-35-27;;/h10-19H,5-9H2,1-4H3;2*1H3/q+2;2*-1. The Kier molecular flexibility index (Phi) is 11.9. The van der Waals surface area contributed by atoms with Crippen LogP contribution in [0.2, 0.25) is 0 Å². The first-order valence-corrected chi connectivity index (χ1v) is 13.6. The number of hydrogen-bond donors (Lipinski definition) is 0. The van der Waals surface area contributed by atoms with Crippen molar-refractivity contribution in [1.82, 2.24) is 0 Å². The summed E-state index contributed by atoms with van der Waals surface area (Å²) in [6.45, 7) is 4.33. The quantitative estimate of drug-likeness (QED) is 0.0845. The van der Waals surface area contributed by atoms with Crippen LogP contribution in [0.25, 0.3) is 0 Å². The molecule has 37 heavy (non-hydrogen) atoms. The second-order valence-corrected chi connectivity index (χ2v) is 10.5. The number of aryl methyl sites for hydroxylation is 6. The van der Waals surface area contributed by atoms with Gasteiger partial charge in [0.25, 0.3) is 0 Å². The molecule has 0 unspecified atom stereocenters. The fraction of sp³-hybridized carbons (Fsp3) is 0.310. The molecule has 0 N–H and O–H groups in total. The van der Waals surface area contributed by atoms with Crippen LogP contribution in [0, 0.1) is 28.7 Å². The molecule has 0 fully saturated rings. The molecule has 2 heterocycles. The Morgan fingerprint density at radius 3 is 1.41 bits per heavy atom. The van der Waals surface area contributed by atoms with Crippen LogP contribution in [0.15, 0.2) is 80.0 Å². The van der Waals surface area contributed by atoms with Gasteiger partial charge in [0.2, 0.25) is 0 Å². The summed E-state index contributed by atoms with van der Waals surface area (Å²) >= 11 is 3.17. The van der Waals surface area contributed by atoms with Crippen molar-refractivity contribution in [3.05, 3.63) is 96.7 Å². The molecule has 2 aromatic heterocycles. The first kappa shape index (κ1) is 30.1. The Morgan fingerprint density at radius 2 is 1.05 bits per heavy atom. The third-order valence-corrected chi connectivity index (χ3v) is 7.74. The van der Waals surface area contributed by atoms with Crippen LogP contribution in [0.5, 0.6) is 0 Å².